The SMILES string of the molecule is [Cu].[V].[V].[V]. The summed E-state index contributed by atoms with van der Waals surface area (Å²) in [6, 6.07) is 0. The Morgan fingerprint density at radius 3 is 0.500 bits per heavy atom. The van der Waals surface area contributed by atoms with Crippen molar-refractivity contribution >= 4 is 0 Å². The average Bonchev–Trinajstić information content (AvgIpc) is 0. The molecule has 0 atom stereocenters. The van der Waals surface area contributed by atoms with Crippen LogP contribution >= 0.6 is 0 Å². The molecule has 0 heterocycles. The molecule has 0 N–H and O–H groups in total. The van der Waals surface area contributed by atoms with Gasteiger partial charge in [0.15, 0.2) is 0 Å². The Labute approximate surface area is 72.0 Å². The van der Waals surface area contributed by atoms with Crippen molar-refractivity contribution in [3.63, 3.8) is 0 Å². The van der Waals surface area contributed by atoms with Crippen LogP contribution in [0.2, 0.25) is 0 Å². The molecule has 0 saturated carbocycles. The minimum Gasteiger partial charge on any atom is 0 e. The Morgan fingerprint density at radius 1 is 0.500 bits per heavy atom. The fraction of sp³-hybridized carbons (Fsp3) is 0. The second-order valence-electron chi connectivity index (χ2n) is 0. The van der Waals surface area contributed by atoms with Crippen molar-refractivity contribution in [2.75, 3.05) is 0 Å². The van der Waals surface area contributed by atoms with E-state index >= 15 is 0 Å². The van der Waals surface area contributed by atoms with Gasteiger partial charge in [-0.05, 0) is 0 Å². The summed E-state index contributed by atoms with van der Waals surface area (Å²) in [7, 11) is 0. The smallest absolute Gasteiger partial charge is 0 e. The molecule has 0 aliphatic rings. The van der Waals surface area contributed by atoms with Crippen molar-refractivity contribution in [1.82, 2.24) is 0 Å². The largest absolute Gasteiger partial charge is 0 e. The fourth-order valence-corrected chi connectivity index (χ4v) is 0. The quantitative estimate of drug-likeness (QED) is 0.500. The summed E-state index contributed by atoms with van der Waals surface area (Å²) < 4.78 is 0. The van der Waals surface area contributed by atoms with Gasteiger partial charge in [0, 0.05) is 72.7 Å². The molecule has 0 aromatic carbocycles. The van der Waals surface area contributed by atoms with Crippen LogP contribution < -0.4 is 0 Å². The van der Waals surface area contributed by atoms with E-state index < -0.39 is 0 Å². The molecule has 0 fully saturated rings. The van der Waals surface area contributed by atoms with Crippen LogP contribution in [0.3, 0.4) is 0 Å². The van der Waals surface area contributed by atoms with E-state index in [0.717, 1.165) is 0 Å². The molecule has 0 amide bonds. The Kier molecular flexibility index (Phi) is 157. The van der Waals surface area contributed by atoms with E-state index in [9.17, 15) is 0 Å². The van der Waals surface area contributed by atoms with E-state index in [2.05, 4.69) is 0 Å². The third-order valence-electron chi connectivity index (χ3n) is 0. The number of hydrogen-bond acceptors (Lipinski definition) is 0. The Balaban J connectivity index is 0. The fourth-order valence-electron chi connectivity index (χ4n) is 0. The van der Waals surface area contributed by atoms with Crippen molar-refractivity contribution in [3.8, 4) is 0 Å². The molecule has 0 unspecified atom stereocenters. The molecular weight excluding hydrogens is 216 g/mol. The van der Waals surface area contributed by atoms with Gasteiger partial charge in [-0.15, -0.1) is 0 Å². The summed E-state index contributed by atoms with van der Waals surface area (Å²) in [5.74, 6) is 0. The van der Waals surface area contributed by atoms with Crippen molar-refractivity contribution in [1.29, 1.82) is 0 Å². The van der Waals surface area contributed by atoms with Crippen LogP contribution in [0, 0.1) is 0 Å². The first kappa shape index (κ1) is 33.8. The zero-order valence-electron chi connectivity index (χ0n) is 1.64. The Hall–Kier alpha value is 2.27. The summed E-state index contributed by atoms with van der Waals surface area (Å²) in [4.78, 5) is 0. The van der Waals surface area contributed by atoms with Gasteiger partial charge in [-0.25, -0.2) is 0 Å². The maximum absolute atomic E-state index is 0. The molecule has 0 rings (SSSR count). The van der Waals surface area contributed by atoms with Crippen LogP contribution in [-0.4, -0.2) is 0 Å². The Bertz CT molecular complexity index is 3.25. The first-order chi connectivity index (χ1) is 0. The van der Waals surface area contributed by atoms with E-state index in [1.165, 1.54) is 0 Å². The standard InChI is InChI=1S/Cu.3V. The summed E-state index contributed by atoms with van der Waals surface area (Å²) in [5.41, 5.74) is 0. The van der Waals surface area contributed by atoms with Gasteiger partial charge in [0.05, 0.1) is 0 Å². The maximum Gasteiger partial charge on any atom is 0 e. The van der Waals surface area contributed by atoms with E-state index in [1.807, 2.05) is 0 Å². The van der Waals surface area contributed by atoms with Gasteiger partial charge in [0.25, 0.3) is 0 Å². The zero-order chi connectivity index (χ0) is 0. The molecule has 26 valence electrons. The van der Waals surface area contributed by atoms with Crippen LogP contribution in [0.5, 0.6) is 0 Å². The normalized spacial score (nSPS) is 0. The van der Waals surface area contributed by atoms with E-state index in [0.29, 0.717) is 0 Å². The topological polar surface area (TPSA) is 0 Å². The molecule has 4 heteroatoms. The molecule has 0 saturated heterocycles. The van der Waals surface area contributed by atoms with Gasteiger partial charge in [-0.3, -0.25) is 0 Å². The van der Waals surface area contributed by atoms with Crippen LogP contribution in [0.1, 0.15) is 0 Å². The predicted octanol–water partition coefficient (Wildman–Crippen LogP) is -0.0100. The van der Waals surface area contributed by atoms with Gasteiger partial charge in [0.1, 0.15) is 0 Å². The first-order valence-corrected chi connectivity index (χ1v) is 0. The molecule has 4 heavy (non-hydrogen) atoms. The third kappa shape index (κ3) is 8.86. The number of hydrogen-bond donors (Lipinski definition) is 0. The van der Waals surface area contributed by atoms with Crippen molar-refractivity contribution < 1.29 is 72.7 Å². The van der Waals surface area contributed by atoms with E-state index in [1.54, 1.807) is 0 Å². The molecule has 0 bridgehead atoms. The molecule has 0 aromatic heterocycles. The van der Waals surface area contributed by atoms with Gasteiger partial charge in [-0.1, -0.05) is 0 Å². The molecule has 0 aliphatic carbocycles. The van der Waals surface area contributed by atoms with Gasteiger partial charge >= 0.3 is 0 Å². The molecule has 0 aromatic rings. The zero-order valence-corrected chi connectivity index (χ0v) is 6.77. The van der Waals surface area contributed by atoms with Crippen molar-refractivity contribution in [3.05, 3.63) is 0 Å². The summed E-state index contributed by atoms with van der Waals surface area (Å²) in [6.07, 6.45) is 0. The monoisotopic (exact) mass is 216 g/mol. The summed E-state index contributed by atoms with van der Waals surface area (Å²) >= 11 is 0. The molecule has 4 radical (unpaired) electrons. The average molecular weight is 216 g/mol. The predicted molar refractivity (Wildman–Crippen MR) is 0 cm³/mol. The molecule has 0 spiro atoms. The van der Waals surface area contributed by atoms with E-state index in [-0.39, 0.29) is 72.7 Å². The van der Waals surface area contributed by atoms with Crippen LogP contribution in [0.15, 0.2) is 0 Å². The van der Waals surface area contributed by atoms with Crippen LogP contribution in [0.25, 0.3) is 0 Å². The molecule has 0 nitrogen and oxygen atoms in total. The minimum absolute atomic E-state index is 0. The van der Waals surface area contributed by atoms with Gasteiger partial charge < -0.3 is 0 Å². The molecular formula is CuV3. The van der Waals surface area contributed by atoms with Crippen LogP contribution in [0.4, 0.5) is 0 Å². The summed E-state index contributed by atoms with van der Waals surface area (Å²) in [6.45, 7) is 0. The van der Waals surface area contributed by atoms with Gasteiger partial charge in [-0.2, -0.15) is 0 Å². The minimum atomic E-state index is 0. The van der Waals surface area contributed by atoms with Gasteiger partial charge in [0.2, 0.25) is 0 Å². The maximum atomic E-state index is 0. The van der Waals surface area contributed by atoms with E-state index in [4.69, 9.17) is 0 Å². The second kappa shape index (κ2) is 18.6. The van der Waals surface area contributed by atoms with Crippen molar-refractivity contribution in [2.45, 2.75) is 0 Å². The molecule has 0 aliphatic heterocycles. The van der Waals surface area contributed by atoms with Crippen molar-refractivity contribution in [2.24, 2.45) is 0 Å². The Morgan fingerprint density at radius 2 is 0.500 bits per heavy atom. The number of rotatable bonds is 0. The third-order valence-corrected chi connectivity index (χ3v) is 0. The first-order valence-electron chi connectivity index (χ1n) is 0. The summed E-state index contributed by atoms with van der Waals surface area (Å²) in [5, 5.41) is 0. The second-order valence-corrected chi connectivity index (χ2v) is 0. The van der Waals surface area contributed by atoms with Crippen LogP contribution in [-0.2, 0) is 72.7 Å².